The zero-order chi connectivity index (χ0) is 40.9. The minimum atomic E-state index is -0.525. The fourth-order valence-corrected chi connectivity index (χ4v) is 6.05. The highest BCUT2D eigenvalue weighted by Gasteiger charge is 2.19. The Morgan fingerprint density at radius 3 is 2.04 bits per heavy atom. The maximum atomic E-state index is 9.02. The number of rotatable bonds is 5. The third-order valence-corrected chi connectivity index (χ3v) is 8.15. The van der Waals surface area contributed by atoms with Crippen molar-refractivity contribution in [3.05, 3.63) is 176 Å². The van der Waals surface area contributed by atoms with Gasteiger partial charge in [-0.2, -0.15) is 0 Å². The summed E-state index contributed by atoms with van der Waals surface area (Å²) in [5.74, 6) is 0. The molecule has 0 radical (unpaired) electrons. The Bertz CT molecular complexity index is 3170. The van der Waals surface area contributed by atoms with Gasteiger partial charge in [0.05, 0.1) is 16.4 Å². The molecule has 0 N–H and O–H groups in total. The highest BCUT2D eigenvalue weighted by molar-refractivity contribution is 6.21. The van der Waals surface area contributed by atoms with E-state index in [4.69, 9.17) is 20.9 Å². The smallest absolute Gasteiger partial charge is 0.143 e. The molecule has 0 atom stereocenters. The summed E-state index contributed by atoms with van der Waals surface area (Å²) in [6.45, 7) is 0. The van der Waals surface area contributed by atoms with E-state index in [0.717, 1.165) is 16.5 Å². The van der Waals surface area contributed by atoms with Gasteiger partial charge in [0.25, 0.3) is 0 Å². The topological polar surface area (TPSA) is 16.4 Å². The van der Waals surface area contributed by atoms with Gasteiger partial charge in [-0.3, -0.25) is 0 Å². The first-order valence-corrected chi connectivity index (χ1v) is 14.7. The Labute approximate surface area is 284 Å². The maximum Gasteiger partial charge on any atom is 0.143 e. The average Bonchev–Trinajstić information content (AvgIpc) is 3.62. The van der Waals surface area contributed by atoms with Crippen LogP contribution in [-0.2, 0) is 0 Å². The fraction of sp³-hybridized carbons (Fsp3) is 0. The molecule has 1 heterocycles. The van der Waals surface area contributed by atoms with Crippen molar-refractivity contribution in [3.63, 3.8) is 0 Å². The molecule has 0 saturated heterocycles. The molecule has 2 nitrogen and oxygen atoms in total. The predicted octanol–water partition coefficient (Wildman–Crippen LogP) is 12.7. The van der Waals surface area contributed by atoms with Crippen LogP contribution in [0.3, 0.4) is 0 Å². The first-order valence-electron chi connectivity index (χ1n) is 20.7. The average molecular weight is 600 g/mol. The van der Waals surface area contributed by atoms with Crippen molar-refractivity contribution in [3.8, 4) is 22.3 Å². The molecule has 0 aliphatic heterocycles. The van der Waals surface area contributed by atoms with Crippen LogP contribution in [0.25, 0.3) is 65.7 Å². The fourth-order valence-electron chi connectivity index (χ4n) is 6.05. The molecule has 1 aromatic heterocycles. The van der Waals surface area contributed by atoms with E-state index in [9.17, 15) is 0 Å². The van der Waals surface area contributed by atoms with E-state index < -0.39 is 42.3 Å². The molecule has 0 fully saturated rings. The maximum absolute atomic E-state index is 9.02. The van der Waals surface area contributed by atoms with Crippen LogP contribution in [-0.4, -0.2) is 0 Å². The molecule has 0 amide bonds. The lowest BCUT2D eigenvalue weighted by molar-refractivity contribution is 0.673. The van der Waals surface area contributed by atoms with Gasteiger partial charge in [0, 0.05) is 33.2 Å². The van der Waals surface area contributed by atoms with Gasteiger partial charge in [0.2, 0.25) is 0 Å². The van der Waals surface area contributed by atoms with E-state index in [1.165, 1.54) is 0 Å². The second kappa shape index (κ2) is 10.8. The first kappa shape index (κ1) is 16.8. The molecule has 0 spiro atoms. The van der Waals surface area contributed by atoms with Crippen LogP contribution in [0, 0.1) is 0 Å². The lowest BCUT2D eigenvalue weighted by atomic mass is 9.95. The second-order valence-corrected chi connectivity index (χ2v) is 10.8. The lowest BCUT2D eigenvalue weighted by Crippen LogP contribution is -2.09. The van der Waals surface area contributed by atoms with Gasteiger partial charge in [-0.15, -0.1) is 0 Å². The lowest BCUT2D eigenvalue weighted by Gasteiger charge is -2.25. The highest BCUT2D eigenvalue weighted by Crippen LogP contribution is 2.44. The quantitative estimate of drug-likeness (QED) is 0.196. The molecule has 0 bridgehead atoms. The van der Waals surface area contributed by atoms with Gasteiger partial charge in [0.15, 0.2) is 0 Å². The van der Waals surface area contributed by atoms with Crippen molar-refractivity contribution in [2.75, 3.05) is 4.90 Å². The second-order valence-electron chi connectivity index (χ2n) is 10.8. The zero-order valence-electron chi connectivity index (χ0n) is 36.2. The Balaban J connectivity index is 1.26. The highest BCUT2D eigenvalue weighted by atomic mass is 16.3. The van der Waals surface area contributed by atoms with Gasteiger partial charge in [-0.25, -0.2) is 0 Å². The summed E-state index contributed by atoms with van der Waals surface area (Å²) >= 11 is 0. The number of nitrogens with zero attached hydrogens (tertiary/aromatic N) is 1. The number of anilines is 3. The Morgan fingerprint density at radius 2 is 1.20 bits per heavy atom. The molecule has 0 unspecified atom stereocenters. The molecule has 216 valence electrons. The minimum absolute atomic E-state index is 0.0629. The summed E-state index contributed by atoms with van der Waals surface area (Å²) in [5.41, 5.74) is 4.19. The zero-order valence-corrected chi connectivity index (χ0v) is 24.2. The number of benzene rings is 8. The number of hydrogen-bond acceptors (Lipinski definition) is 2. The van der Waals surface area contributed by atoms with Crippen molar-refractivity contribution in [1.29, 1.82) is 0 Å². The largest absolute Gasteiger partial charge is 0.455 e. The van der Waals surface area contributed by atoms with Crippen molar-refractivity contribution in [1.82, 2.24) is 0 Å². The molecule has 2 heteroatoms. The summed E-state index contributed by atoms with van der Waals surface area (Å²) < 4.78 is 109. The van der Waals surface area contributed by atoms with Crippen LogP contribution in [0.5, 0.6) is 0 Å². The van der Waals surface area contributed by atoms with Gasteiger partial charge in [-0.1, -0.05) is 121 Å². The molecule has 9 aromatic rings. The summed E-state index contributed by atoms with van der Waals surface area (Å²) in [7, 11) is 0. The molecule has 8 aromatic carbocycles. The number of fused-ring (bicyclic) bond motifs is 6. The summed E-state index contributed by atoms with van der Waals surface area (Å²) in [6, 6.07) is 26.7. The Kier molecular flexibility index (Phi) is 3.95. The van der Waals surface area contributed by atoms with Crippen LogP contribution in [0.1, 0.15) is 16.4 Å². The van der Waals surface area contributed by atoms with E-state index in [-0.39, 0.29) is 52.1 Å². The summed E-state index contributed by atoms with van der Waals surface area (Å²) in [6.07, 6.45) is 0. The van der Waals surface area contributed by atoms with Gasteiger partial charge < -0.3 is 9.32 Å². The van der Waals surface area contributed by atoms with E-state index in [0.29, 0.717) is 44.4 Å². The van der Waals surface area contributed by atoms with Crippen LogP contribution in [0.4, 0.5) is 17.1 Å². The number of para-hydroxylation sites is 1. The van der Waals surface area contributed by atoms with E-state index in [1.807, 2.05) is 83.8 Å². The summed E-state index contributed by atoms with van der Waals surface area (Å²) in [5, 5.41) is 2.53. The van der Waals surface area contributed by atoms with Gasteiger partial charge in [0.1, 0.15) is 11.2 Å². The van der Waals surface area contributed by atoms with Crippen molar-refractivity contribution < 1.29 is 20.9 Å². The first-order chi connectivity index (χ1) is 27.8. The molecule has 0 aliphatic carbocycles. The summed E-state index contributed by atoms with van der Waals surface area (Å²) in [4.78, 5) is 1.99. The third kappa shape index (κ3) is 4.43. The molecule has 0 aliphatic rings. The van der Waals surface area contributed by atoms with Gasteiger partial charge in [-0.05, 0) is 93.0 Å². The van der Waals surface area contributed by atoms with E-state index >= 15 is 0 Å². The van der Waals surface area contributed by atoms with Gasteiger partial charge >= 0.3 is 0 Å². The Morgan fingerprint density at radius 1 is 0.478 bits per heavy atom. The van der Waals surface area contributed by atoms with E-state index in [2.05, 4.69) is 0 Å². The third-order valence-electron chi connectivity index (χ3n) is 8.15. The van der Waals surface area contributed by atoms with Crippen molar-refractivity contribution >= 4 is 60.5 Å². The van der Waals surface area contributed by atoms with Crippen LogP contribution < -0.4 is 4.90 Å². The molecular weight excluding hydrogens is 558 g/mol. The molecular formula is C44H29NO. The molecule has 46 heavy (non-hydrogen) atoms. The van der Waals surface area contributed by atoms with Crippen molar-refractivity contribution in [2.24, 2.45) is 0 Å². The molecule has 9 rings (SSSR count). The molecule has 0 saturated carbocycles. The standard InChI is InChI=1S/C44H29NO/c1-3-12-32(13-4-1)40-28-35-15-9-10-18-39(35)44-43(40)41-29-38(25-26-42(41)46-44)45(36-16-5-2-6-17-36)37-23-21-31(22-24-37)34-20-19-30-11-7-8-14-33(30)27-34/h1-29H/i1D,3D,4D,7D,8D,11D,12D,13D,14D,19D,20D,27D. The SMILES string of the molecule is [2H]c1c([2H])c([2H])c(-c2cc3ccccc3c3oc4ccc(N(c5ccccc5)c5ccc(-c6c([2H])c([2H])c7c([2H])c([2H])c([2H])c([2H])c7c6[2H])cc5)cc4c23)c([2H])c1[2H]. The minimum Gasteiger partial charge on any atom is -0.455 e. The van der Waals surface area contributed by atoms with Crippen molar-refractivity contribution in [2.45, 2.75) is 0 Å². The van der Waals surface area contributed by atoms with Crippen LogP contribution >= 0.6 is 0 Å². The van der Waals surface area contributed by atoms with Crippen LogP contribution in [0.2, 0.25) is 0 Å². The number of hydrogen-bond donors (Lipinski definition) is 0. The number of furan rings is 1. The normalized spacial score (nSPS) is 15.1. The van der Waals surface area contributed by atoms with E-state index in [1.54, 1.807) is 24.3 Å². The predicted molar refractivity (Wildman–Crippen MR) is 194 cm³/mol. The van der Waals surface area contributed by atoms with Crippen LogP contribution in [0.15, 0.2) is 180 Å². The Hall–Kier alpha value is -6.12. The monoisotopic (exact) mass is 599 g/mol.